The maximum atomic E-state index is 12.4. The summed E-state index contributed by atoms with van der Waals surface area (Å²) < 4.78 is 0. The number of urea groups is 1. The van der Waals surface area contributed by atoms with Crippen LogP contribution in [0.5, 0.6) is 0 Å². The number of carbonyl (C=O) groups is 2. The molecule has 0 bridgehead atoms. The Labute approximate surface area is 123 Å². The molecule has 6 nitrogen and oxygen atoms in total. The zero-order chi connectivity index (χ0) is 15.4. The Balaban J connectivity index is 1.99. The lowest BCUT2D eigenvalue weighted by Crippen LogP contribution is -2.46. The summed E-state index contributed by atoms with van der Waals surface area (Å²) in [6, 6.07) is 8.65. The molecular weight excluding hydrogens is 270 g/mol. The van der Waals surface area contributed by atoms with Crippen LogP contribution in [0.1, 0.15) is 18.4 Å². The minimum atomic E-state index is -0.789. The first-order chi connectivity index (χ1) is 10.0. The predicted molar refractivity (Wildman–Crippen MR) is 76.9 cm³/mol. The smallest absolute Gasteiger partial charge is 0.324 e. The monoisotopic (exact) mass is 287 g/mol. The molecule has 1 fully saturated rings. The number of carboxylic acid groups (broad SMARTS) is 1. The normalized spacial score (nSPS) is 15.3. The third-order valence-corrected chi connectivity index (χ3v) is 3.79. The molecule has 1 heterocycles. The van der Waals surface area contributed by atoms with Crippen LogP contribution in [-0.2, 0) is 4.79 Å². The van der Waals surface area contributed by atoms with Crippen molar-refractivity contribution in [2.45, 2.75) is 12.8 Å². The van der Waals surface area contributed by atoms with Gasteiger partial charge >= 0.3 is 12.0 Å². The number of aliphatic carboxylic acids is 1. The third-order valence-electron chi connectivity index (χ3n) is 3.79. The number of hydrogen-bond acceptors (Lipinski definition) is 3. The number of hydrogen-bond donors (Lipinski definition) is 1. The van der Waals surface area contributed by atoms with E-state index in [0.717, 1.165) is 0 Å². The van der Waals surface area contributed by atoms with Gasteiger partial charge in [-0.2, -0.15) is 5.26 Å². The first-order valence-electron chi connectivity index (χ1n) is 6.78. The molecule has 0 spiro atoms. The van der Waals surface area contributed by atoms with E-state index < -0.39 is 5.97 Å². The van der Waals surface area contributed by atoms with Crippen molar-refractivity contribution >= 4 is 17.7 Å². The lowest BCUT2D eigenvalue weighted by molar-refractivity contribution is -0.143. The van der Waals surface area contributed by atoms with Gasteiger partial charge in [-0.25, -0.2) is 4.79 Å². The van der Waals surface area contributed by atoms with E-state index >= 15 is 0 Å². The van der Waals surface area contributed by atoms with Crippen LogP contribution in [0.4, 0.5) is 10.5 Å². The highest BCUT2D eigenvalue weighted by Crippen LogP contribution is 2.21. The molecule has 0 unspecified atom stereocenters. The lowest BCUT2D eigenvalue weighted by atomic mass is 9.97. The number of piperidine rings is 1. The van der Waals surface area contributed by atoms with Crippen LogP contribution in [-0.4, -0.2) is 42.1 Å². The van der Waals surface area contributed by atoms with Gasteiger partial charge in [0.25, 0.3) is 0 Å². The summed E-state index contributed by atoms with van der Waals surface area (Å²) in [7, 11) is 1.67. The van der Waals surface area contributed by atoms with E-state index in [1.165, 1.54) is 4.90 Å². The van der Waals surface area contributed by atoms with Gasteiger partial charge < -0.3 is 10.0 Å². The number of nitrogens with zero attached hydrogens (tertiary/aromatic N) is 3. The number of benzene rings is 1. The topological polar surface area (TPSA) is 84.6 Å². The molecule has 0 atom stereocenters. The summed E-state index contributed by atoms with van der Waals surface area (Å²) in [5, 5.41) is 17.7. The van der Waals surface area contributed by atoms with Gasteiger partial charge in [0.2, 0.25) is 0 Å². The fraction of sp³-hybridized carbons (Fsp3) is 0.400. The lowest BCUT2D eigenvalue weighted by Gasteiger charge is -2.33. The van der Waals surface area contributed by atoms with E-state index in [1.807, 2.05) is 6.07 Å². The van der Waals surface area contributed by atoms with Gasteiger partial charge in [-0.3, -0.25) is 9.69 Å². The van der Waals surface area contributed by atoms with Gasteiger partial charge in [-0.1, -0.05) is 0 Å². The van der Waals surface area contributed by atoms with Gasteiger partial charge in [0.1, 0.15) is 0 Å². The second-order valence-electron chi connectivity index (χ2n) is 5.10. The fourth-order valence-electron chi connectivity index (χ4n) is 2.40. The van der Waals surface area contributed by atoms with Crippen molar-refractivity contribution in [3.05, 3.63) is 29.8 Å². The Morgan fingerprint density at radius 3 is 2.33 bits per heavy atom. The first-order valence-corrected chi connectivity index (χ1v) is 6.78. The highest BCUT2D eigenvalue weighted by molar-refractivity contribution is 5.91. The largest absolute Gasteiger partial charge is 0.481 e. The van der Waals surface area contributed by atoms with Crippen LogP contribution >= 0.6 is 0 Å². The quantitative estimate of drug-likeness (QED) is 0.900. The molecule has 1 N–H and O–H groups in total. The van der Waals surface area contributed by atoms with E-state index in [0.29, 0.717) is 37.2 Å². The summed E-state index contributed by atoms with van der Waals surface area (Å²) >= 11 is 0. The van der Waals surface area contributed by atoms with E-state index in [4.69, 9.17) is 10.4 Å². The summed E-state index contributed by atoms with van der Waals surface area (Å²) in [5.74, 6) is -1.14. The molecule has 1 saturated heterocycles. The molecule has 0 aliphatic carbocycles. The Morgan fingerprint density at radius 1 is 1.29 bits per heavy atom. The molecule has 2 rings (SSSR count). The van der Waals surface area contributed by atoms with Crippen LogP contribution in [0.15, 0.2) is 24.3 Å². The average Bonchev–Trinajstić information content (AvgIpc) is 2.53. The highest BCUT2D eigenvalue weighted by atomic mass is 16.4. The van der Waals surface area contributed by atoms with Gasteiger partial charge in [0.15, 0.2) is 0 Å². The molecule has 21 heavy (non-hydrogen) atoms. The number of rotatable bonds is 2. The summed E-state index contributed by atoms with van der Waals surface area (Å²) in [6.45, 7) is 0.910. The molecule has 1 aliphatic heterocycles. The number of carboxylic acids is 1. The van der Waals surface area contributed by atoms with Crippen LogP contribution in [0.3, 0.4) is 0 Å². The maximum Gasteiger partial charge on any atom is 0.324 e. The molecule has 2 amide bonds. The number of carbonyl (C=O) groups excluding carboxylic acids is 1. The summed E-state index contributed by atoms with van der Waals surface area (Å²) in [5.41, 5.74) is 1.25. The summed E-state index contributed by atoms with van der Waals surface area (Å²) in [6.07, 6.45) is 0.977. The van der Waals surface area contributed by atoms with Crippen LogP contribution < -0.4 is 4.90 Å². The van der Waals surface area contributed by atoms with Crippen LogP contribution in [0.25, 0.3) is 0 Å². The maximum absolute atomic E-state index is 12.4. The molecular formula is C15H17N3O3. The molecule has 1 aromatic rings. The summed E-state index contributed by atoms with van der Waals surface area (Å²) in [4.78, 5) is 26.5. The van der Waals surface area contributed by atoms with Crippen molar-refractivity contribution in [1.29, 1.82) is 5.26 Å². The molecule has 1 aliphatic rings. The van der Waals surface area contributed by atoms with E-state index in [2.05, 4.69) is 0 Å². The number of likely N-dealkylation sites (tertiary alicyclic amines) is 1. The Kier molecular flexibility index (Phi) is 4.43. The average molecular weight is 287 g/mol. The van der Waals surface area contributed by atoms with Crippen molar-refractivity contribution in [1.82, 2.24) is 4.90 Å². The predicted octanol–water partition coefficient (Wildman–Crippen LogP) is 1.91. The van der Waals surface area contributed by atoms with Crippen molar-refractivity contribution in [2.24, 2.45) is 5.92 Å². The molecule has 0 saturated carbocycles. The minimum Gasteiger partial charge on any atom is -0.481 e. The molecule has 0 aromatic heterocycles. The second-order valence-corrected chi connectivity index (χ2v) is 5.10. The first kappa shape index (κ1) is 14.9. The van der Waals surface area contributed by atoms with E-state index in [1.54, 1.807) is 36.2 Å². The molecule has 1 aromatic carbocycles. The second kappa shape index (κ2) is 6.27. The Hall–Kier alpha value is -2.55. The van der Waals surface area contributed by atoms with Gasteiger partial charge in [-0.15, -0.1) is 0 Å². The van der Waals surface area contributed by atoms with Crippen molar-refractivity contribution in [2.75, 3.05) is 25.0 Å². The standard InChI is InChI=1S/C15H17N3O3/c1-17(13-4-2-11(10-16)3-5-13)15(21)18-8-6-12(7-9-18)14(19)20/h2-5,12H,6-9H2,1H3,(H,19,20). The number of anilines is 1. The SMILES string of the molecule is CN(C(=O)N1CCC(C(=O)O)CC1)c1ccc(C#N)cc1. The zero-order valence-electron chi connectivity index (χ0n) is 11.8. The van der Waals surface area contributed by atoms with E-state index in [9.17, 15) is 9.59 Å². The molecule has 6 heteroatoms. The highest BCUT2D eigenvalue weighted by Gasteiger charge is 2.28. The van der Waals surface area contributed by atoms with Gasteiger partial charge in [0.05, 0.1) is 17.6 Å². The Morgan fingerprint density at radius 2 is 1.86 bits per heavy atom. The fourth-order valence-corrected chi connectivity index (χ4v) is 2.40. The number of amides is 2. The van der Waals surface area contributed by atoms with Crippen molar-refractivity contribution in [3.8, 4) is 6.07 Å². The molecule has 110 valence electrons. The third kappa shape index (κ3) is 3.31. The van der Waals surface area contributed by atoms with Gasteiger partial charge in [-0.05, 0) is 37.1 Å². The van der Waals surface area contributed by atoms with Crippen molar-refractivity contribution < 1.29 is 14.7 Å². The molecule has 0 radical (unpaired) electrons. The number of nitriles is 1. The van der Waals surface area contributed by atoms with E-state index in [-0.39, 0.29) is 11.9 Å². The van der Waals surface area contributed by atoms with Crippen LogP contribution in [0.2, 0.25) is 0 Å². The minimum absolute atomic E-state index is 0.149. The van der Waals surface area contributed by atoms with Crippen LogP contribution in [0, 0.1) is 17.2 Å². The Bertz CT molecular complexity index is 569. The van der Waals surface area contributed by atoms with Crippen molar-refractivity contribution in [3.63, 3.8) is 0 Å². The van der Waals surface area contributed by atoms with Gasteiger partial charge in [0, 0.05) is 25.8 Å². The zero-order valence-corrected chi connectivity index (χ0v) is 11.8.